The summed E-state index contributed by atoms with van der Waals surface area (Å²) in [6, 6.07) is 7.53. The van der Waals surface area contributed by atoms with Crippen LogP contribution in [0.2, 0.25) is 0 Å². The molecule has 1 amide bonds. The standard InChI is InChI=1S/C21H25FN2O4/c1-12-6-14(22)5-4-13(12)9-21(2,3)23-10-18(26)16-7-15(25)8-17-20(16)28-11-19(27)24-17/h4-8,18,23,25-26H,9-11H2,1-3H3,(H,24,27). The van der Waals surface area contributed by atoms with E-state index < -0.39 is 6.10 Å². The third kappa shape index (κ3) is 4.61. The van der Waals surface area contributed by atoms with Gasteiger partial charge in [-0.15, -0.1) is 0 Å². The van der Waals surface area contributed by atoms with Crippen molar-refractivity contribution in [2.75, 3.05) is 18.5 Å². The zero-order chi connectivity index (χ0) is 20.5. The van der Waals surface area contributed by atoms with Crippen LogP contribution in [-0.2, 0) is 11.2 Å². The molecule has 3 rings (SSSR count). The van der Waals surface area contributed by atoms with Crippen LogP contribution in [0.15, 0.2) is 30.3 Å². The Morgan fingerprint density at radius 1 is 1.32 bits per heavy atom. The molecule has 0 bridgehead atoms. The molecule has 0 aromatic heterocycles. The number of β-amino-alcohol motifs (C(OH)–C–C–N with tert-alkyl or cyclic N) is 1. The van der Waals surface area contributed by atoms with E-state index in [0.717, 1.165) is 11.1 Å². The zero-order valence-corrected chi connectivity index (χ0v) is 16.2. The van der Waals surface area contributed by atoms with Gasteiger partial charge in [0.25, 0.3) is 5.91 Å². The second-order valence-electron chi connectivity index (χ2n) is 7.78. The number of hydrogen-bond acceptors (Lipinski definition) is 5. The van der Waals surface area contributed by atoms with Gasteiger partial charge in [0.1, 0.15) is 17.3 Å². The fraction of sp³-hybridized carbons (Fsp3) is 0.381. The Kier molecular flexibility index (Phi) is 5.58. The number of halogens is 1. The lowest BCUT2D eigenvalue weighted by Gasteiger charge is -2.30. The number of aryl methyl sites for hydroxylation is 1. The van der Waals surface area contributed by atoms with Gasteiger partial charge in [0.2, 0.25) is 0 Å². The minimum atomic E-state index is -0.954. The summed E-state index contributed by atoms with van der Waals surface area (Å²) in [4.78, 5) is 11.5. The van der Waals surface area contributed by atoms with Gasteiger partial charge in [-0.3, -0.25) is 4.79 Å². The highest BCUT2D eigenvalue weighted by molar-refractivity contribution is 5.96. The summed E-state index contributed by atoms with van der Waals surface area (Å²) in [5.41, 5.74) is 2.27. The molecule has 1 heterocycles. The summed E-state index contributed by atoms with van der Waals surface area (Å²) in [7, 11) is 0. The van der Waals surface area contributed by atoms with Gasteiger partial charge >= 0.3 is 0 Å². The van der Waals surface area contributed by atoms with Crippen LogP contribution in [0.4, 0.5) is 10.1 Å². The Balaban J connectivity index is 1.71. The number of aliphatic hydroxyl groups excluding tert-OH is 1. The number of phenolic OH excluding ortho intramolecular Hbond substituents is 1. The number of aromatic hydroxyl groups is 1. The first-order valence-corrected chi connectivity index (χ1v) is 9.12. The van der Waals surface area contributed by atoms with Crippen molar-refractivity contribution in [3.05, 3.63) is 52.8 Å². The molecular formula is C21H25FN2O4. The van der Waals surface area contributed by atoms with Crippen LogP contribution >= 0.6 is 0 Å². The minimum absolute atomic E-state index is 0.0696. The fourth-order valence-electron chi connectivity index (χ4n) is 3.34. The molecule has 7 heteroatoms. The molecule has 1 aliphatic rings. The Labute approximate surface area is 163 Å². The largest absolute Gasteiger partial charge is 0.508 e. The monoisotopic (exact) mass is 388 g/mol. The summed E-state index contributed by atoms with van der Waals surface area (Å²) < 4.78 is 18.8. The summed E-state index contributed by atoms with van der Waals surface area (Å²) >= 11 is 0. The average Bonchev–Trinajstić information content (AvgIpc) is 2.61. The summed E-state index contributed by atoms with van der Waals surface area (Å²) in [5.74, 6) is -0.283. The van der Waals surface area contributed by atoms with E-state index in [9.17, 15) is 19.4 Å². The predicted octanol–water partition coefficient (Wildman–Crippen LogP) is 2.81. The van der Waals surface area contributed by atoms with Gasteiger partial charge in [-0.05, 0) is 56.5 Å². The molecule has 2 aromatic rings. The number of phenols is 1. The van der Waals surface area contributed by atoms with Gasteiger partial charge < -0.3 is 25.6 Å². The molecule has 0 aliphatic carbocycles. The van der Waals surface area contributed by atoms with E-state index in [1.807, 2.05) is 20.8 Å². The average molecular weight is 388 g/mol. The van der Waals surface area contributed by atoms with Crippen LogP contribution in [0.5, 0.6) is 11.5 Å². The third-order valence-electron chi connectivity index (χ3n) is 4.79. The lowest BCUT2D eigenvalue weighted by molar-refractivity contribution is -0.118. The van der Waals surface area contributed by atoms with Crippen LogP contribution in [0.25, 0.3) is 0 Å². The van der Waals surface area contributed by atoms with Gasteiger partial charge in [0.05, 0.1) is 11.8 Å². The molecule has 4 N–H and O–H groups in total. The lowest BCUT2D eigenvalue weighted by Crippen LogP contribution is -2.43. The van der Waals surface area contributed by atoms with Crippen molar-refractivity contribution in [1.82, 2.24) is 5.32 Å². The van der Waals surface area contributed by atoms with E-state index >= 15 is 0 Å². The first kappa shape index (κ1) is 20.1. The number of ether oxygens (including phenoxy) is 1. The summed E-state index contributed by atoms with van der Waals surface area (Å²) in [5, 5.41) is 26.5. The number of amides is 1. The van der Waals surface area contributed by atoms with E-state index in [1.165, 1.54) is 24.3 Å². The van der Waals surface area contributed by atoms with Gasteiger partial charge in [0, 0.05) is 23.7 Å². The number of benzene rings is 2. The highest BCUT2D eigenvalue weighted by Crippen LogP contribution is 2.38. The van der Waals surface area contributed by atoms with Crippen molar-refractivity contribution < 1.29 is 24.1 Å². The number of carbonyl (C=O) groups is 1. The molecule has 0 saturated carbocycles. The summed E-state index contributed by atoms with van der Waals surface area (Å²) in [6.45, 7) is 5.93. The zero-order valence-electron chi connectivity index (χ0n) is 16.2. The maximum Gasteiger partial charge on any atom is 0.262 e. The van der Waals surface area contributed by atoms with Crippen molar-refractivity contribution in [2.24, 2.45) is 0 Å². The number of nitrogens with one attached hydrogen (secondary N) is 2. The Bertz CT molecular complexity index is 898. The van der Waals surface area contributed by atoms with E-state index in [2.05, 4.69) is 10.6 Å². The lowest BCUT2D eigenvalue weighted by atomic mass is 9.92. The Hall–Kier alpha value is -2.64. The number of aliphatic hydroxyl groups is 1. The molecule has 150 valence electrons. The van der Waals surface area contributed by atoms with Crippen molar-refractivity contribution in [1.29, 1.82) is 0 Å². The molecule has 6 nitrogen and oxygen atoms in total. The van der Waals surface area contributed by atoms with Crippen LogP contribution in [-0.4, -0.2) is 34.8 Å². The van der Waals surface area contributed by atoms with Crippen LogP contribution in [0, 0.1) is 12.7 Å². The molecule has 1 atom stereocenters. The van der Waals surface area contributed by atoms with E-state index in [0.29, 0.717) is 23.4 Å². The highest BCUT2D eigenvalue weighted by Gasteiger charge is 2.26. The number of rotatable bonds is 6. The second kappa shape index (κ2) is 7.77. The van der Waals surface area contributed by atoms with E-state index in [1.54, 1.807) is 6.07 Å². The van der Waals surface area contributed by atoms with Gasteiger partial charge in [-0.25, -0.2) is 4.39 Å². The molecule has 0 fully saturated rings. The van der Waals surface area contributed by atoms with Crippen LogP contribution in [0.1, 0.15) is 36.6 Å². The maximum absolute atomic E-state index is 13.3. The number of carbonyl (C=O) groups excluding carboxylic acids is 1. The summed E-state index contributed by atoms with van der Waals surface area (Å²) in [6.07, 6.45) is -0.305. The topological polar surface area (TPSA) is 90.8 Å². The normalized spacial score (nSPS) is 14.8. The number of anilines is 1. The molecule has 0 spiro atoms. The molecular weight excluding hydrogens is 363 g/mol. The quantitative estimate of drug-likeness (QED) is 0.611. The van der Waals surface area contributed by atoms with Crippen molar-refractivity contribution >= 4 is 11.6 Å². The van der Waals surface area contributed by atoms with E-state index in [4.69, 9.17) is 4.74 Å². The molecule has 1 aliphatic heterocycles. The third-order valence-corrected chi connectivity index (χ3v) is 4.79. The van der Waals surface area contributed by atoms with Gasteiger partial charge in [-0.1, -0.05) is 6.07 Å². The first-order valence-electron chi connectivity index (χ1n) is 9.12. The highest BCUT2D eigenvalue weighted by atomic mass is 19.1. The molecule has 0 radical (unpaired) electrons. The van der Waals surface area contributed by atoms with Gasteiger partial charge in [0.15, 0.2) is 6.61 Å². The van der Waals surface area contributed by atoms with Crippen LogP contribution in [0.3, 0.4) is 0 Å². The minimum Gasteiger partial charge on any atom is -0.508 e. The first-order chi connectivity index (χ1) is 13.1. The Morgan fingerprint density at radius 3 is 2.79 bits per heavy atom. The molecule has 28 heavy (non-hydrogen) atoms. The Morgan fingerprint density at radius 2 is 2.07 bits per heavy atom. The van der Waals surface area contributed by atoms with Crippen molar-refractivity contribution in [3.63, 3.8) is 0 Å². The fourth-order valence-corrected chi connectivity index (χ4v) is 3.34. The van der Waals surface area contributed by atoms with E-state index in [-0.39, 0.29) is 36.2 Å². The van der Waals surface area contributed by atoms with Crippen molar-refractivity contribution in [2.45, 2.75) is 38.8 Å². The molecule has 2 aromatic carbocycles. The molecule has 0 saturated heterocycles. The smallest absolute Gasteiger partial charge is 0.262 e. The molecule has 1 unspecified atom stereocenters. The number of fused-ring (bicyclic) bond motifs is 1. The SMILES string of the molecule is Cc1cc(F)ccc1CC(C)(C)NCC(O)c1cc(O)cc2c1OCC(=O)N2. The van der Waals surface area contributed by atoms with Gasteiger partial charge in [-0.2, -0.15) is 0 Å². The van der Waals surface area contributed by atoms with Crippen molar-refractivity contribution in [3.8, 4) is 11.5 Å². The number of hydrogen-bond donors (Lipinski definition) is 4. The maximum atomic E-state index is 13.3. The predicted molar refractivity (Wildman–Crippen MR) is 104 cm³/mol. The second-order valence-corrected chi connectivity index (χ2v) is 7.78. The van der Waals surface area contributed by atoms with Crippen LogP contribution < -0.4 is 15.4 Å².